The van der Waals surface area contributed by atoms with Gasteiger partial charge in [0.25, 0.3) is 0 Å². The van der Waals surface area contributed by atoms with Crippen molar-refractivity contribution in [3.8, 4) is 0 Å². The van der Waals surface area contributed by atoms with Crippen LogP contribution in [0.1, 0.15) is 32.3 Å². The second kappa shape index (κ2) is 7.30. The van der Waals surface area contributed by atoms with E-state index in [1.165, 1.54) is 11.3 Å². The van der Waals surface area contributed by atoms with E-state index in [1.807, 2.05) is 12.1 Å². The third kappa shape index (κ3) is 3.46. The summed E-state index contributed by atoms with van der Waals surface area (Å²) in [5.41, 5.74) is 2.40. The van der Waals surface area contributed by atoms with E-state index in [0.29, 0.717) is 6.04 Å². The zero-order valence-electron chi connectivity index (χ0n) is 12.7. The maximum absolute atomic E-state index is 6.40. The number of halogens is 1. The molecule has 0 radical (unpaired) electrons. The van der Waals surface area contributed by atoms with E-state index < -0.39 is 0 Å². The number of nitrogens with one attached hydrogen (secondary N) is 1. The molecular weight excluding hydrogens is 272 g/mol. The highest BCUT2D eigenvalue weighted by Crippen LogP contribution is 2.31. The highest BCUT2D eigenvalue weighted by molar-refractivity contribution is 6.31. The summed E-state index contributed by atoms with van der Waals surface area (Å²) in [6.07, 6.45) is 2.48. The Kier molecular flexibility index (Phi) is 5.70. The van der Waals surface area contributed by atoms with Crippen molar-refractivity contribution in [3.63, 3.8) is 0 Å². The van der Waals surface area contributed by atoms with Crippen LogP contribution in [0.2, 0.25) is 5.02 Å². The first kappa shape index (κ1) is 15.6. The molecule has 2 unspecified atom stereocenters. The van der Waals surface area contributed by atoms with Gasteiger partial charge in [-0.3, -0.25) is 0 Å². The second-order valence-electron chi connectivity index (χ2n) is 5.46. The van der Waals surface area contributed by atoms with Crippen molar-refractivity contribution in [2.24, 2.45) is 0 Å². The van der Waals surface area contributed by atoms with Crippen LogP contribution in [0.4, 0.5) is 5.69 Å². The number of hydrogen-bond donors (Lipinski definition) is 1. The van der Waals surface area contributed by atoms with Crippen LogP contribution in [0.3, 0.4) is 0 Å². The molecule has 1 aromatic rings. The zero-order valence-corrected chi connectivity index (χ0v) is 13.4. The normalized spacial score (nSPS) is 22.2. The first-order valence-electron chi connectivity index (χ1n) is 7.47. The van der Waals surface area contributed by atoms with Gasteiger partial charge in [0.05, 0.1) is 12.1 Å². The average molecular weight is 297 g/mol. The van der Waals surface area contributed by atoms with Crippen LogP contribution in [-0.4, -0.2) is 32.3 Å². The summed E-state index contributed by atoms with van der Waals surface area (Å²) in [5, 5.41) is 4.28. The minimum atomic E-state index is 0.274. The summed E-state index contributed by atoms with van der Waals surface area (Å²) in [6, 6.07) is 6.58. The second-order valence-corrected chi connectivity index (χ2v) is 5.86. The minimum Gasteiger partial charge on any atom is -0.376 e. The van der Waals surface area contributed by atoms with Gasteiger partial charge >= 0.3 is 0 Å². The molecule has 3 nitrogen and oxygen atoms in total. The van der Waals surface area contributed by atoms with Crippen molar-refractivity contribution in [2.75, 3.05) is 25.1 Å². The van der Waals surface area contributed by atoms with Gasteiger partial charge in [0.15, 0.2) is 0 Å². The molecule has 4 heteroatoms. The SMILES string of the molecule is CCCNCc1c(Cl)cccc1N(C)C1CCOC1C. The number of ether oxygens (including phenoxy) is 1. The van der Waals surface area contributed by atoms with Crippen molar-refractivity contribution in [1.82, 2.24) is 5.32 Å². The van der Waals surface area contributed by atoms with Gasteiger partial charge in [0.1, 0.15) is 0 Å². The van der Waals surface area contributed by atoms with E-state index in [-0.39, 0.29) is 6.10 Å². The highest BCUT2D eigenvalue weighted by Gasteiger charge is 2.29. The van der Waals surface area contributed by atoms with Gasteiger partial charge in [0.2, 0.25) is 0 Å². The van der Waals surface area contributed by atoms with Gasteiger partial charge in [-0.2, -0.15) is 0 Å². The predicted octanol–water partition coefficient (Wildman–Crippen LogP) is 3.45. The topological polar surface area (TPSA) is 24.5 Å². The lowest BCUT2D eigenvalue weighted by Gasteiger charge is -2.31. The van der Waals surface area contributed by atoms with Crippen molar-refractivity contribution >= 4 is 17.3 Å². The molecule has 1 aromatic carbocycles. The average Bonchev–Trinajstić information content (AvgIpc) is 2.86. The summed E-state index contributed by atoms with van der Waals surface area (Å²) in [4.78, 5) is 2.33. The van der Waals surface area contributed by atoms with Crippen LogP contribution in [0.25, 0.3) is 0 Å². The molecule has 2 atom stereocenters. The quantitative estimate of drug-likeness (QED) is 0.814. The maximum Gasteiger partial charge on any atom is 0.0750 e. The molecule has 1 aliphatic heterocycles. The number of nitrogens with zero attached hydrogens (tertiary/aromatic N) is 1. The molecule has 1 heterocycles. The number of benzene rings is 1. The molecule has 0 bridgehead atoms. The Morgan fingerprint density at radius 1 is 1.45 bits per heavy atom. The fourth-order valence-electron chi connectivity index (χ4n) is 2.85. The van der Waals surface area contributed by atoms with Crippen molar-refractivity contribution in [2.45, 2.75) is 45.4 Å². The van der Waals surface area contributed by atoms with Crippen LogP contribution >= 0.6 is 11.6 Å². The Morgan fingerprint density at radius 3 is 2.90 bits per heavy atom. The summed E-state index contributed by atoms with van der Waals surface area (Å²) in [5.74, 6) is 0. The lowest BCUT2D eigenvalue weighted by atomic mass is 10.1. The fraction of sp³-hybridized carbons (Fsp3) is 0.625. The van der Waals surface area contributed by atoms with Crippen molar-refractivity contribution in [3.05, 3.63) is 28.8 Å². The molecule has 20 heavy (non-hydrogen) atoms. The Labute approximate surface area is 127 Å². The van der Waals surface area contributed by atoms with E-state index in [4.69, 9.17) is 16.3 Å². The fourth-order valence-corrected chi connectivity index (χ4v) is 3.09. The molecule has 0 aromatic heterocycles. The van der Waals surface area contributed by atoms with Crippen molar-refractivity contribution < 1.29 is 4.74 Å². The molecule has 1 fully saturated rings. The summed E-state index contributed by atoms with van der Waals surface area (Å²) >= 11 is 6.40. The lowest BCUT2D eigenvalue weighted by Crippen LogP contribution is -2.37. The Morgan fingerprint density at radius 2 is 2.25 bits per heavy atom. The third-order valence-corrected chi connectivity index (χ3v) is 4.39. The molecule has 0 saturated carbocycles. The molecule has 1 N–H and O–H groups in total. The van der Waals surface area contributed by atoms with E-state index in [9.17, 15) is 0 Å². The van der Waals surface area contributed by atoms with E-state index >= 15 is 0 Å². The number of rotatable bonds is 6. The van der Waals surface area contributed by atoms with Crippen LogP contribution in [0, 0.1) is 0 Å². The van der Waals surface area contributed by atoms with Crippen LogP contribution in [0.15, 0.2) is 18.2 Å². The monoisotopic (exact) mass is 296 g/mol. The van der Waals surface area contributed by atoms with Gasteiger partial charge in [-0.25, -0.2) is 0 Å². The van der Waals surface area contributed by atoms with Gasteiger partial charge in [-0.15, -0.1) is 0 Å². The first-order chi connectivity index (χ1) is 9.65. The third-order valence-electron chi connectivity index (χ3n) is 4.04. The molecule has 0 aliphatic carbocycles. The molecule has 2 rings (SSSR count). The van der Waals surface area contributed by atoms with Crippen LogP contribution in [-0.2, 0) is 11.3 Å². The molecule has 0 amide bonds. The Bertz CT molecular complexity index is 438. The maximum atomic E-state index is 6.40. The number of hydrogen-bond acceptors (Lipinski definition) is 3. The summed E-state index contributed by atoms with van der Waals surface area (Å²) in [7, 11) is 2.14. The minimum absolute atomic E-state index is 0.274. The van der Waals surface area contributed by atoms with Gasteiger partial charge in [-0.1, -0.05) is 24.6 Å². The number of likely N-dealkylation sites (N-methyl/N-ethyl adjacent to an activating group) is 1. The van der Waals surface area contributed by atoms with Crippen LogP contribution in [0.5, 0.6) is 0 Å². The summed E-state index contributed by atoms with van der Waals surface area (Å²) in [6.45, 7) is 6.99. The Hall–Kier alpha value is -0.770. The van der Waals surface area contributed by atoms with Crippen molar-refractivity contribution in [1.29, 1.82) is 0 Å². The zero-order chi connectivity index (χ0) is 14.5. The summed E-state index contributed by atoms with van der Waals surface area (Å²) < 4.78 is 5.69. The lowest BCUT2D eigenvalue weighted by molar-refractivity contribution is 0.118. The van der Waals surface area contributed by atoms with E-state index in [2.05, 4.69) is 37.2 Å². The first-order valence-corrected chi connectivity index (χ1v) is 7.85. The largest absolute Gasteiger partial charge is 0.376 e. The predicted molar refractivity (Wildman–Crippen MR) is 85.7 cm³/mol. The van der Waals surface area contributed by atoms with Gasteiger partial charge < -0.3 is 15.0 Å². The van der Waals surface area contributed by atoms with E-state index in [0.717, 1.165) is 37.6 Å². The van der Waals surface area contributed by atoms with E-state index in [1.54, 1.807) is 0 Å². The molecule has 1 aliphatic rings. The van der Waals surface area contributed by atoms with Crippen LogP contribution < -0.4 is 10.2 Å². The Balaban J connectivity index is 2.19. The molecule has 112 valence electrons. The molecule has 0 spiro atoms. The smallest absolute Gasteiger partial charge is 0.0750 e. The standard InChI is InChI=1S/C16H25ClN2O/c1-4-9-18-11-13-14(17)6-5-7-16(13)19(3)15-8-10-20-12(15)2/h5-7,12,15,18H,4,8-11H2,1-3H3. The van der Waals surface area contributed by atoms with Gasteiger partial charge in [-0.05, 0) is 38.4 Å². The number of anilines is 1. The molecular formula is C16H25ClN2O. The highest BCUT2D eigenvalue weighted by atomic mass is 35.5. The van der Waals surface area contributed by atoms with Gasteiger partial charge in [0, 0.05) is 36.5 Å². The molecule has 1 saturated heterocycles.